The monoisotopic (exact) mass is 336 g/mol. The molecule has 0 heterocycles. The number of fused-ring (bicyclic) bond motifs is 1. The Morgan fingerprint density at radius 2 is 1.80 bits per heavy atom. The molecule has 0 atom stereocenters. The highest BCUT2D eigenvalue weighted by Crippen LogP contribution is 2.23. The second kappa shape index (κ2) is 7.62. The van der Waals surface area contributed by atoms with Gasteiger partial charge in [0, 0.05) is 24.1 Å². The first-order chi connectivity index (χ1) is 9.65. The third kappa shape index (κ3) is 4.78. The van der Waals surface area contributed by atoms with Crippen molar-refractivity contribution in [2.24, 2.45) is 0 Å². The molecule has 0 unspecified atom stereocenters. The van der Waals surface area contributed by atoms with Crippen LogP contribution in [0.15, 0.2) is 40.9 Å². The molecular formula is C16H21BrN2O. The molecule has 0 fully saturated rings. The van der Waals surface area contributed by atoms with E-state index in [0.717, 1.165) is 29.9 Å². The average Bonchev–Trinajstić information content (AvgIpc) is 2.42. The third-order valence-corrected chi connectivity index (χ3v) is 3.55. The zero-order chi connectivity index (χ0) is 14.4. The van der Waals surface area contributed by atoms with Gasteiger partial charge in [0.25, 0.3) is 0 Å². The lowest BCUT2D eigenvalue weighted by atomic mass is 10.1. The molecule has 0 amide bonds. The van der Waals surface area contributed by atoms with Gasteiger partial charge < -0.3 is 15.0 Å². The number of hydrogen-bond acceptors (Lipinski definition) is 3. The number of rotatable bonds is 7. The summed E-state index contributed by atoms with van der Waals surface area (Å²) >= 11 is 3.48. The minimum absolute atomic E-state index is 0.690. The van der Waals surface area contributed by atoms with Crippen LogP contribution in [0.4, 0.5) is 0 Å². The van der Waals surface area contributed by atoms with Gasteiger partial charge in [0.2, 0.25) is 0 Å². The van der Waals surface area contributed by atoms with E-state index in [4.69, 9.17) is 4.74 Å². The van der Waals surface area contributed by atoms with E-state index in [-0.39, 0.29) is 0 Å². The maximum Gasteiger partial charge on any atom is 0.120 e. The summed E-state index contributed by atoms with van der Waals surface area (Å²) in [5, 5.41) is 5.78. The SMILES string of the molecule is CN(C)CCNCCOc1ccc2cc(Br)ccc2c1. The van der Waals surface area contributed by atoms with E-state index in [1.807, 2.05) is 6.07 Å². The number of benzene rings is 2. The Hall–Kier alpha value is -1.10. The van der Waals surface area contributed by atoms with Crippen LogP contribution < -0.4 is 10.1 Å². The van der Waals surface area contributed by atoms with Crippen LogP contribution >= 0.6 is 15.9 Å². The largest absolute Gasteiger partial charge is 0.492 e. The number of hydrogen-bond donors (Lipinski definition) is 1. The maximum atomic E-state index is 5.76. The summed E-state index contributed by atoms with van der Waals surface area (Å²) in [6.07, 6.45) is 0. The molecule has 0 aliphatic rings. The first-order valence-electron chi connectivity index (χ1n) is 6.83. The van der Waals surface area contributed by atoms with Crippen molar-refractivity contribution in [1.29, 1.82) is 0 Å². The Kier molecular flexibility index (Phi) is 5.83. The number of nitrogens with one attached hydrogen (secondary N) is 1. The summed E-state index contributed by atoms with van der Waals surface area (Å²) < 4.78 is 6.86. The quantitative estimate of drug-likeness (QED) is 0.786. The molecule has 1 N–H and O–H groups in total. The Labute approximate surface area is 129 Å². The highest BCUT2D eigenvalue weighted by Gasteiger charge is 1.98. The number of nitrogens with zero attached hydrogens (tertiary/aromatic N) is 1. The number of likely N-dealkylation sites (N-methyl/N-ethyl adjacent to an activating group) is 1. The van der Waals surface area contributed by atoms with Crippen LogP contribution in [0.1, 0.15) is 0 Å². The van der Waals surface area contributed by atoms with Crippen LogP contribution in [0.3, 0.4) is 0 Å². The van der Waals surface area contributed by atoms with Crippen molar-refractivity contribution in [3.05, 3.63) is 40.9 Å². The van der Waals surface area contributed by atoms with E-state index in [2.05, 4.69) is 70.6 Å². The fraction of sp³-hybridized carbons (Fsp3) is 0.375. The van der Waals surface area contributed by atoms with Gasteiger partial charge in [-0.15, -0.1) is 0 Å². The van der Waals surface area contributed by atoms with Gasteiger partial charge in [-0.05, 0) is 49.1 Å². The zero-order valence-corrected chi connectivity index (χ0v) is 13.6. The molecule has 0 saturated heterocycles. The van der Waals surface area contributed by atoms with Crippen molar-refractivity contribution in [3.63, 3.8) is 0 Å². The predicted octanol–water partition coefficient (Wildman–Crippen LogP) is 3.13. The van der Waals surface area contributed by atoms with Crippen molar-refractivity contribution >= 4 is 26.7 Å². The van der Waals surface area contributed by atoms with Crippen LogP contribution in [0, 0.1) is 0 Å². The second-order valence-corrected chi connectivity index (χ2v) is 5.97. The maximum absolute atomic E-state index is 5.76. The molecule has 20 heavy (non-hydrogen) atoms. The Bertz CT molecular complexity index is 557. The van der Waals surface area contributed by atoms with E-state index in [9.17, 15) is 0 Å². The average molecular weight is 337 g/mol. The fourth-order valence-electron chi connectivity index (χ4n) is 1.95. The van der Waals surface area contributed by atoms with Gasteiger partial charge in [-0.1, -0.05) is 28.1 Å². The molecule has 0 saturated carbocycles. The molecule has 0 spiro atoms. The van der Waals surface area contributed by atoms with Crippen LogP contribution in [-0.4, -0.2) is 45.2 Å². The van der Waals surface area contributed by atoms with E-state index in [0.29, 0.717) is 6.61 Å². The minimum atomic E-state index is 0.690. The Morgan fingerprint density at radius 1 is 1.05 bits per heavy atom. The topological polar surface area (TPSA) is 24.5 Å². The van der Waals surface area contributed by atoms with E-state index in [1.54, 1.807) is 0 Å². The molecule has 4 heteroatoms. The number of halogens is 1. The first kappa shape index (κ1) is 15.3. The molecule has 0 aromatic heterocycles. The molecule has 0 aliphatic heterocycles. The van der Waals surface area contributed by atoms with Gasteiger partial charge in [0.1, 0.15) is 12.4 Å². The predicted molar refractivity (Wildman–Crippen MR) is 88.6 cm³/mol. The van der Waals surface area contributed by atoms with Crippen LogP contribution in [0.5, 0.6) is 5.75 Å². The lowest BCUT2D eigenvalue weighted by Gasteiger charge is -2.11. The van der Waals surface area contributed by atoms with Crippen LogP contribution in [0.25, 0.3) is 10.8 Å². The molecule has 3 nitrogen and oxygen atoms in total. The molecule has 108 valence electrons. The lowest BCUT2D eigenvalue weighted by Crippen LogP contribution is -2.29. The summed E-state index contributed by atoms with van der Waals surface area (Å²) in [6, 6.07) is 12.5. The minimum Gasteiger partial charge on any atom is -0.492 e. The third-order valence-electron chi connectivity index (χ3n) is 3.06. The molecule has 0 bridgehead atoms. The summed E-state index contributed by atoms with van der Waals surface area (Å²) in [5.74, 6) is 0.925. The van der Waals surface area contributed by atoms with Crippen molar-refractivity contribution in [1.82, 2.24) is 10.2 Å². The highest BCUT2D eigenvalue weighted by atomic mass is 79.9. The summed E-state index contributed by atoms with van der Waals surface area (Å²) in [6.45, 7) is 3.59. The van der Waals surface area contributed by atoms with Gasteiger partial charge in [0.15, 0.2) is 0 Å². The molecule has 2 aromatic rings. The van der Waals surface area contributed by atoms with E-state index in [1.165, 1.54) is 10.8 Å². The zero-order valence-electron chi connectivity index (χ0n) is 12.0. The van der Waals surface area contributed by atoms with Gasteiger partial charge >= 0.3 is 0 Å². The van der Waals surface area contributed by atoms with Gasteiger partial charge in [-0.3, -0.25) is 0 Å². The summed E-state index contributed by atoms with van der Waals surface area (Å²) in [5.41, 5.74) is 0. The van der Waals surface area contributed by atoms with Crippen LogP contribution in [0.2, 0.25) is 0 Å². The Morgan fingerprint density at radius 3 is 2.60 bits per heavy atom. The normalized spacial score (nSPS) is 11.2. The van der Waals surface area contributed by atoms with Crippen molar-refractivity contribution in [2.45, 2.75) is 0 Å². The van der Waals surface area contributed by atoms with Crippen molar-refractivity contribution in [3.8, 4) is 5.75 Å². The van der Waals surface area contributed by atoms with Crippen LogP contribution in [-0.2, 0) is 0 Å². The molecule has 0 aliphatic carbocycles. The smallest absolute Gasteiger partial charge is 0.120 e. The first-order valence-corrected chi connectivity index (χ1v) is 7.62. The van der Waals surface area contributed by atoms with Crippen molar-refractivity contribution in [2.75, 3.05) is 40.3 Å². The standard InChI is InChI=1S/C16H21BrN2O/c1-19(2)9-7-18-8-10-20-16-6-4-13-11-15(17)5-3-14(13)12-16/h3-6,11-12,18H,7-10H2,1-2H3. The molecule has 0 radical (unpaired) electrons. The summed E-state index contributed by atoms with van der Waals surface area (Å²) in [4.78, 5) is 2.16. The molecule has 2 rings (SSSR count). The molecule has 2 aromatic carbocycles. The lowest BCUT2D eigenvalue weighted by molar-refractivity contribution is 0.309. The van der Waals surface area contributed by atoms with E-state index >= 15 is 0 Å². The highest BCUT2D eigenvalue weighted by molar-refractivity contribution is 9.10. The number of ether oxygens (including phenoxy) is 1. The van der Waals surface area contributed by atoms with Gasteiger partial charge in [-0.2, -0.15) is 0 Å². The van der Waals surface area contributed by atoms with Gasteiger partial charge in [-0.25, -0.2) is 0 Å². The molecular weight excluding hydrogens is 316 g/mol. The van der Waals surface area contributed by atoms with Crippen molar-refractivity contribution < 1.29 is 4.74 Å². The van der Waals surface area contributed by atoms with Gasteiger partial charge in [0.05, 0.1) is 0 Å². The Balaban J connectivity index is 1.80. The fourth-order valence-corrected chi connectivity index (χ4v) is 2.33. The van der Waals surface area contributed by atoms with E-state index < -0.39 is 0 Å². The summed E-state index contributed by atoms with van der Waals surface area (Å²) in [7, 11) is 4.15. The second-order valence-electron chi connectivity index (χ2n) is 5.06.